The van der Waals surface area contributed by atoms with Crippen LogP contribution in [0.4, 0.5) is 5.82 Å². The number of aromatic nitrogens is 1. The Labute approximate surface area is 149 Å². The zero-order valence-electron chi connectivity index (χ0n) is 13.0. The fourth-order valence-corrected chi connectivity index (χ4v) is 2.19. The highest BCUT2D eigenvalue weighted by Crippen LogP contribution is 2.21. The zero-order valence-corrected chi connectivity index (χ0v) is 14.6. The number of carbonyl (C=O) groups excluding carboxylic acids is 2. The summed E-state index contributed by atoms with van der Waals surface area (Å²) in [6, 6.07) is 6.53. The molecule has 1 heterocycles. The number of anilines is 1. The van der Waals surface area contributed by atoms with E-state index in [-0.39, 0.29) is 18.4 Å². The van der Waals surface area contributed by atoms with Crippen molar-refractivity contribution in [3.05, 3.63) is 51.7 Å². The van der Waals surface area contributed by atoms with Gasteiger partial charge in [0.1, 0.15) is 5.76 Å². The number of halogens is 2. The molecule has 0 aliphatic rings. The summed E-state index contributed by atoms with van der Waals surface area (Å²) in [6.07, 6.45) is 2.87. The van der Waals surface area contributed by atoms with Gasteiger partial charge in [-0.1, -0.05) is 28.4 Å². The highest BCUT2D eigenvalue weighted by atomic mass is 35.5. The van der Waals surface area contributed by atoms with Gasteiger partial charge in [-0.2, -0.15) is 0 Å². The number of likely N-dealkylation sites (N-methyl/N-ethyl adjacent to an activating group) is 1. The maximum atomic E-state index is 12.1. The third kappa shape index (κ3) is 5.11. The molecule has 0 atom stereocenters. The summed E-state index contributed by atoms with van der Waals surface area (Å²) >= 11 is 11.9. The lowest BCUT2D eigenvalue weighted by Gasteiger charge is -2.14. The molecule has 126 valence electrons. The molecule has 0 fully saturated rings. The number of aryl methyl sites for hydroxylation is 1. The summed E-state index contributed by atoms with van der Waals surface area (Å²) in [7, 11) is 1.51. The Morgan fingerprint density at radius 1 is 1.33 bits per heavy atom. The van der Waals surface area contributed by atoms with Gasteiger partial charge in [0, 0.05) is 29.2 Å². The lowest BCUT2D eigenvalue weighted by atomic mass is 10.2. The number of hydrogen-bond acceptors (Lipinski definition) is 4. The number of nitrogens with zero attached hydrogens (tertiary/aromatic N) is 2. The van der Waals surface area contributed by atoms with Crippen molar-refractivity contribution in [1.82, 2.24) is 10.1 Å². The van der Waals surface area contributed by atoms with E-state index in [2.05, 4.69) is 10.5 Å². The van der Waals surface area contributed by atoms with Crippen LogP contribution in [0.25, 0.3) is 6.08 Å². The van der Waals surface area contributed by atoms with Crippen molar-refractivity contribution in [3.8, 4) is 0 Å². The van der Waals surface area contributed by atoms with E-state index in [4.69, 9.17) is 27.7 Å². The summed E-state index contributed by atoms with van der Waals surface area (Å²) in [5.41, 5.74) is 0.619. The molecule has 6 nitrogen and oxygen atoms in total. The Bertz CT molecular complexity index is 787. The van der Waals surface area contributed by atoms with Gasteiger partial charge in [0.15, 0.2) is 5.82 Å². The van der Waals surface area contributed by atoms with Gasteiger partial charge < -0.3 is 14.7 Å². The highest BCUT2D eigenvalue weighted by Gasteiger charge is 2.12. The third-order valence-electron chi connectivity index (χ3n) is 3.02. The van der Waals surface area contributed by atoms with E-state index >= 15 is 0 Å². The lowest BCUT2D eigenvalue weighted by molar-refractivity contribution is -0.129. The van der Waals surface area contributed by atoms with Crippen molar-refractivity contribution < 1.29 is 14.1 Å². The molecular weight excluding hydrogens is 353 g/mol. The predicted octanol–water partition coefficient (Wildman–Crippen LogP) is 3.40. The fraction of sp³-hybridized carbons (Fsp3) is 0.188. The number of nitrogens with one attached hydrogen (secondary N) is 1. The number of hydrogen-bond donors (Lipinski definition) is 1. The summed E-state index contributed by atoms with van der Waals surface area (Å²) < 4.78 is 4.85. The van der Waals surface area contributed by atoms with E-state index in [9.17, 15) is 9.59 Å². The normalized spacial score (nSPS) is 10.8. The second-order valence-electron chi connectivity index (χ2n) is 5.06. The minimum Gasteiger partial charge on any atom is -0.360 e. The van der Waals surface area contributed by atoms with E-state index in [0.717, 1.165) is 0 Å². The molecule has 2 rings (SSSR count). The van der Waals surface area contributed by atoms with Crippen molar-refractivity contribution in [3.63, 3.8) is 0 Å². The van der Waals surface area contributed by atoms with Crippen molar-refractivity contribution >= 4 is 46.9 Å². The summed E-state index contributed by atoms with van der Waals surface area (Å²) in [6.45, 7) is 1.59. The number of carbonyl (C=O) groups is 2. The molecule has 8 heteroatoms. The highest BCUT2D eigenvalue weighted by molar-refractivity contribution is 6.34. The molecule has 0 aliphatic heterocycles. The summed E-state index contributed by atoms with van der Waals surface area (Å²) in [4.78, 5) is 25.2. The third-order valence-corrected chi connectivity index (χ3v) is 3.60. The number of benzene rings is 1. The van der Waals surface area contributed by atoms with Crippen LogP contribution < -0.4 is 5.32 Å². The predicted molar refractivity (Wildman–Crippen MR) is 93.0 cm³/mol. The molecule has 0 radical (unpaired) electrons. The Morgan fingerprint density at radius 3 is 2.75 bits per heavy atom. The first-order valence-electron chi connectivity index (χ1n) is 6.96. The first-order valence-corrected chi connectivity index (χ1v) is 7.72. The van der Waals surface area contributed by atoms with E-state index in [1.165, 1.54) is 18.0 Å². The van der Waals surface area contributed by atoms with E-state index < -0.39 is 0 Å². The van der Waals surface area contributed by atoms with Crippen LogP contribution in [-0.2, 0) is 9.59 Å². The second-order valence-corrected chi connectivity index (χ2v) is 5.91. The van der Waals surface area contributed by atoms with Crippen molar-refractivity contribution in [1.29, 1.82) is 0 Å². The lowest BCUT2D eigenvalue weighted by Crippen LogP contribution is -2.33. The summed E-state index contributed by atoms with van der Waals surface area (Å²) in [5, 5.41) is 7.18. The Hall–Kier alpha value is -2.31. The van der Waals surface area contributed by atoms with Gasteiger partial charge in [-0.25, -0.2) is 0 Å². The van der Waals surface area contributed by atoms with E-state index in [1.807, 2.05) is 0 Å². The quantitative estimate of drug-likeness (QED) is 0.821. The molecule has 1 aromatic heterocycles. The van der Waals surface area contributed by atoms with Crippen LogP contribution in [0.3, 0.4) is 0 Å². The van der Waals surface area contributed by atoms with Gasteiger partial charge in [0.2, 0.25) is 11.8 Å². The number of amides is 2. The van der Waals surface area contributed by atoms with Crippen LogP contribution in [0.1, 0.15) is 11.3 Å². The first-order chi connectivity index (χ1) is 11.3. The topological polar surface area (TPSA) is 75.4 Å². The van der Waals surface area contributed by atoms with Crippen LogP contribution in [0.2, 0.25) is 10.0 Å². The second kappa shape index (κ2) is 7.99. The van der Waals surface area contributed by atoms with Crippen molar-refractivity contribution in [2.24, 2.45) is 0 Å². The van der Waals surface area contributed by atoms with Gasteiger partial charge in [-0.05, 0) is 36.8 Å². The molecule has 2 amide bonds. The number of rotatable bonds is 5. The van der Waals surface area contributed by atoms with Crippen LogP contribution >= 0.6 is 23.2 Å². The molecule has 0 aliphatic carbocycles. The average Bonchev–Trinajstić information content (AvgIpc) is 2.92. The summed E-state index contributed by atoms with van der Waals surface area (Å²) in [5.74, 6) is 0.154. The standard InChI is InChI=1S/C16H15Cl2N3O3/c1-10-7-14(20-24-10)19-15(22)9-21(2)16(23)6-3-11-8-12(17)4-5-13(11)18/h3-8H,9H2,1-2H3,(H,19,20,22)/b6-3+. The molecule has 0 bridgehead atoms. The van der Waals surface area contributed by atoms with Gasteiger partial charge in [-0.15, -0.1) is 0 Å². The molecule has 1 aromatic carbocycles. The Balaban J connectivity index is 1.92. The zero-order chi connectivity index (χ0) is 17.7. The minimum atomic E-state index is -0.381. The maximum absolute atomic E-state index is 12.1. The largest absolute Gasteiger partial charge is 0.360 e. The molecule has 0 saturated carbocycles. The minimum absolute atomic E-state index is 0.127. The molecule has 2 aromatic rings. The van der Waals surface area contributed by atoms with Crippen LogP contribution in [0.15, 0.2) is 34.9 Å². The Kier molecular flexibility index (Phi) is 6.00. The Morgan fingerprint density at radius 2 is 2.08 bits per heavy atom. The van der Waals surface area contributed by atoms with E-state index in [0.29, 0.717) is 27.2 Å². The van der Waals surface area contributed by atoms with Crippen LogP contribution in [0.5, 0.6) is 0 Å². The van der Waals surface area contributed by atoms with E-state index in [1.54, 1.807) is 37.3 Å². The van der Waals surface area contributed by atoms with Crippen LogP contribution in [0, 0.1) is 6.92 Å². The van der Waals surface area contributed by atoms with Crippen molar-refractivity contribution in [2.75, 3.05) is 18.9 Å². The van der Waals surface area contributed by atoms with Gasteiger partial charge in [0.25, 0.3) is 0 Å². The molecular formula is C16H15Cl2N3O3. The van der Waals surface area contributed by atoms with Crippen molar-refractivity contribution in [2.45, 2.75) is 6.92 Å². The van der Waals surface area contributed by atoms with Gasteiger partial charge in [-0.3, -0.25) is 9.59 Å². The maximum Gasteiger partial charge on any atom is 0.246 e. The molecule has 0 spiro atoms. The van der Waals surface area contributed by atoms with Gasteiger partial charge >= 0.3 is 0 Å². The molecule has 0 unspecified atom stereocenters. The smallest absolute Gasteiger partial charge is 0.246 e. The first kappa shape index (κ1) is 18.0. The SMILES string of the molecule is Cc1cc(NC(=O)CN(C)C(=O)/C=C/c2cc(Cl)ccc2Cl)no1. The molecule has 0 saturated heterocycles. The molecule has 1 N–H and O–H groups in total. The molecule has 24 heavy (non-hydrogen) atoms. The monoisotopic (exact) mass is 367 g/mol. The van der Waals surface area contributed by atoms with Crippen LogP contribution in [-0.4, -0.2) is 35.5 Å². The fourth-order valence-electron chi connectivity index (χ4n) is 1.83. The van der Waals surface area contributed by atoms with Gasteiger partial charge in [0.05, 0.1) is 6.54 Å². The average molecular weight is 368 g/mol.